The average Bonchev–Trinajstić information content (AvgIpc) is 3.22. The van der Waals surface area contributed by atoms with Gasteiger partial charge in [-0.1, -0.05) is 6.07 Å². The molecule has 5 nitrogen and oxygen atoms in total. The third-order valence-electron chi connectivity index (χ3n) is 4.91. The van der Waals surface area contributed by atoms with E-state index in [0.717, 1.165) is 44.2 Å². The number of carbonyl (C=O) groups excluding carboxylic acids is 1. The lowest BCUT2D eigenvalue weighted by molar-refractivity contribution is 0.0740. The predicted octanol–water partition coefficient (Wildman–Crippen LogP) is 2.19. The van der Waals surface area contributed by atoms with Gasteiger partial charge < -0.3 is 9.32 Å². The molecule has 0 bridgehead atoms. The van der Waals surface area contributed by atoms with Crippen molar-refractivity contribution in [2.75, 3.05) is 26.2 Å². The predicted molar refractivity (Wildman–Crippen MR) is 85.8 cm³/mol. The highest BCUT2D eigenvalue weighted by Crippen LogP contribution is 2.32. The van der Waals surface area contributed by atoms with Crippen LogP contribution in [0.15, 0.2) is 40.9 Å². The Kier molecular flexibility index (Phi) is 3.65. The number of furan rings is 1. The number of rotatable bonds is 3. The van der Waals surface area contributed by atoms with Crippen molar-refractivity contribution in [1.82, 2.24) is 14.8 Å². The first-order chi connectivity index (χ1) is 11.2. The molecule has 2 aromatic rings. The summed E-state index contributed by atoms with van der Waals surface area (Å²) in [7, 11) is 0. The van der Waals surface area contributed by atoms with E-state index in [2.05, 4.69) is 16.0 Å². The van der Waals surface area contributed by atoms with Crippen LogP contribution < -0.4 is 0 Å². The monoisotopic (exact) mass is 311 g/mol. The quantitative estimate of drug-likeness (QED) is 0.872. The minimum absolute atomic E-state index is 0.0313. The molecule has 0 saturated carbocycles. The number of amides is 1. The number of hydrogen-bond acceptors (Lipinski definition) is 4. The molecule has 0 spiro atoms. The van der Waals surface area contributed by atoms with Crippen LogP contribution in [0.1, 0.15) is 22.0 Å². The Hall–Kier alpha value is -2.14. The Labute approximate surface area is 135 Å². The number of aryl methyl sites for hydroxylation is 1. The maximum Gasteiger partial charge on any atom is 0.289 e. The van der Waals surface area contributed by atoms with Crippen LogP contribution in [-0.2, 0) is 6.54 Å². The molecule has 2 saturated heterocycles. The van der Waals surface area contributed by atoms with Crippen molar-refractivity contribution in [3.63, 3.8) is 0 Å². The molecule has 0 aliphatic carbocycles. The number of pyridine rings is 1. The van der Waals surface area contributed by atoms with E-state index < -0.39 is 0 Å². The summed E-state index contributed by atoms with van der Waals surface area (Å²) in [5.41, 5.74) is 1.12. The molecule has 0 N–H and O–H groups in total. The fourth-order valence-corrected chi connectivity index (χ4v) is 3.81. The average molecular weight is 311 g/mol. The first-order valence-corrected chi connectivity index (χ1v) is 8.17. The van der Waals surface area contributed by atoms with Gasteiger partial charge in [-0.25, -0.2) is 0 Å². The molecule has 2 aliphatic heterocycles. The van der Waals surface area contributed by atoms with E-state index in [9.17, 15) is 4.79 Å². The van der Waals surface area contributed by atoms with Crippen LogP contribution in [0.2, 0.25) is 0 Å². The van der Waals surface area contributed by atoms with Gasteiger partial charge in [-0.3, -0.25) is 14.7 Å². The summed E-state index contributed by atoms with van der Waals surface area (Å²) in [6.45, 7) is 6.53. The molecule has 5 heteroatoms. The van der Waals surface area contributed by atoms with Crippen LogP contribution >= 0.6 is 0 Å². The first-order valence-electron chi connectivity index (χ1n) is 8.17. The Morgan fingerprint density at radius 1 is 1.17 bits per heavy atom. The topological polar surface area (TPSA) is 49.6 Å². The molecule has 4 heterocycles. The molecule has 2 atom stereocenters. The Balaban J connectivity index is 1.36. The van der Waals surface area contributed by atoms with Crippen molar-refractivity contribution in [3.8, 4) is 0 Å². The summed E-state index contributed by atoms with van der Waals surface area (Å²) in [6.07, 6.45) is 1.85. The standard InChI is InChI=1S/C18H21N3O2/c1-13-5-6-17(23-13)18(22)21-10-14-8-20(9-15(14)11-21)12-16-4-2-3-7-19-16/h2-7,14-15H,8-12H2,1H3/t14-,15-/m0/s1. The van der Waals surface area contributed by atoms with Gasteiger partial charge in [-0.15, -0.1) is 0 Å². The molecule has 23 heavy (non-hydrogen) atoms. The first kappa shape index (κ1) is 14.5. The SMILES string of the molecule is Cc1ccc(C(=O)N2C[C@@H]3CN(Cc4ccccn4)C[C@H]3C2)o1. The van der Waals surface area contributed by atoms with E-state index in [-0.39, 0.29) is 5.91 Å². The molecule has 0 unspecified atom stereocenters. The van der Waals surface area contributed by atoms with Crippen molar-refractivity contribution in [3.05, 3.63) is 53.7 Å². The number of aromatic nitrogens is 1. The highest BCUT2D eigenvalue weighted by atomic mass is 16.3. The molecule has 2 fully saturated rings. The summed E-state index contributed by atoms with van der Waals surface area (Å²) in [6, 6.07) is 9.67. The van der Waals surface area contributed by atoms with Gasteiger partial charge in [0.05, 0.1) is 5.69 Å². The van der Waals surface area contributed by atoms with E-state index in [1.165, 1.54) is 0 Å². The van der Waals surface area contributed by atoms with Crippen LogP contribution in [0.25, 0.3) is 0 Å². The molecule has 1 amide bonds. The van der Waals surface area contributed by atoms with Crippen LogP contribution in [0.5, 0.6) is 0 Å². The van der Waals surface area contributed by atoms with Crippen LogP contribution in [0, 0.1) is 18.8 Å². The minimum atomic E-state index is 0.0313. The normalized spacial score (nSPS) is 24.1. The van der Waals surface area contributed by atoms with Gasteiger partial charge in [-0.2, -0.15) is 0 Å². The maximum atomic E-state index is 12.5. The zero-order valence-electron chi connectivity index (χ0n) is 13.3. The summed E-state index contributed by atoms with van der Waals surface area (Å²) < 4.78 is 5.47. The molecule has 4 rings (SSSR count). The molecule has 0 aromatic carbocycles. The molecule has 2 aromatic heterocycles. The van der Waals surface area contributed by atoms with Gasteiger partial charge in [-0.05, 0) is 43.0 Å². The van der Waals surface area contributed by atoms with Crippen molar-refractivity contribution in [2.45, 2.75) is 13.5 Å². The zero-order chi connectivity index (χ0) is 15.8. The smallest absolute Gasteiger partial charge is 0.289 e. The third kappa shape index (κ3) is 2.88. The van der Waals surface area contributed by atoms with Crippen LogP contribution in [0.3, 0.4) is 0 Å². The van der Waals surface area contributed by atoms with Gasteiger partial charge in [0.1, 0.15) is 5.76 Å². The maximum absolute atomic E-state index is 12.5. The Bertz CT molecular complexity index is 683. The number of fused-ring (bicyclic) bond motifs is 1. The second kappa shape index (κ2) is 5.81. The van der Waals surface area contributed by atoms with E-state index in [0.29, 0.717) is 17.6 Å². The van der Waals surface area contributed by atoms with Crippen molar-refractivity contribution >= 4 is 5.91 Å². The van der Waals surface area contributed by atoms with Crippen LogP contribution in [-0.4, -0.2) is 46.9 Å². The van der Waals surface area contributed by atoms with Gasteiger partial charge in [0, 0.05) is 38.9 Å². The van der Waals surface area contributed by atoms with E-state index >= 15 is 0 Å². The zero-order valence-corrected chi connectivity index (χ0v) is 13.3. The lowest BCUT2D eigenvalue weighted by Gasteiger charge is -2.20. The second-order valence-corrected chi connectivity index (χ2v) is 6.66. The second-order valence-electron chi connectivity index (χ2n) is 6.66. The van der Waals surface area contributed by atoms with E-state index in [1.807, 2.05) is 36.2 Å². The van der Waals surface area contributed by atoms with E-state index in [4.69, 9.17) is 4.42 Å². The molecular weight excluding hydrogens is 290 g/mol. The van der Waals surface area contributed by atoms with E-state index in [1.54, 1.807) is 6.07 Å². The van der Waals surface area contributed by atoms with Crippen molar-refractivity contribution in [2.24, 2.45) is 11.8 Å². The van der Waals surface area contributed by atoms with Crippen molar-refractivity contribution in [1.29, 1.82) is 0 Å². The fraction of sp³-hybridized carbons (Fsp3) is 0.444. The molecule has 2 aliphatic rings. The fourth-order valence-electron chi connectivity index (χ4n) is 3.81. The summed E-state index contributed by atoms with van der Waals surface area (Å²) in [5, 5.41) is 0. The minimum Gasteiger partial charge on any atom is -0.456 e. The summed E-state index contributed by atoms with van der Waals surface area (Å²) >= 11 is 0. The third-order valence-corrected chi connectivity index (χ3v) is 4.91. The molecular formula is C18H21N3O2. The highest BCUT2D eigenvalue weighted by molar-refractivity contribution is 5.91. The van der Waals surface area contributed by atoms with Crippen molar-refractivity contribution < 1.29 is 9.21 Å². The van der Waals surface area contributed by atoms with Gasteiger partial charge >= 0.3 is 0 Å². The summed E-state index contributed by atoms with van der Waals surface area (Å²) in [5.74, 6) is 2.42. The number of likely N-dealkylation sites (tertiary alicyclic amines) is 2. The highest BCUT2D eigenvalue weighted by Gasteiger charge is 2.42. The van der Waals surface area contributed by atoms with Gasteiger partial charge in [0.15, 0.2) is 5.76 Å². The largest absolute Gasteiger partial charge is 0.456 e. The molecule has 120 valence electrons. The number of hydrogen-bond donors (Lipinski definition) is 0. The number of carbonyl (C=O) groups is 1. The lowest BCUT2D eigenvalue weighted by Crippen LogP contribution is -2.33. The van der Waals surface area contributed by atoms with Crippen LogP contribution in [0.4, 0.5) is 0 Å². The Morgan fingerprint density at radius 3 is 2.57 bits per heavy atom. The summed E-state index contributed by atoms with van der Waals surface area (Å²) in [4.78, 5) is 21.3. The molecule has 0 radical (unpaired) electrons. The lowest BCUT2D eigenvalue weighted by atomic mass is 10.0. The van der Waals surface area contributed by atoms with Gasteiger partial charge in [0.2, 0.25) is 0 Å². The van der Waals surface area contributed by atoms with Gasteiger partial charge in [0.25, 0.3) is 5.91 Å². The number of nitrogens with zero attached hydrogens (tertiary/aromatic N) is 3. The Morgan fingerprint density at radius 2 is 1.96 bits per heavy atom.